The number of nitrogens with one attached hydrogen (secondary N) is 1. The van der Waals surface area contributed by atoms with E-state index in [1.54, 1.807) is 7.05 Å². The fraction of sp³-hybridized carbons (Fsp3) is 0.308. The summed E-state index contributed by atoms with van der Waals surface area (Å²) in [5.74, 6) is 0.184. The Morgan fingerprint density at radius 1 is 1.32 bits per heavy atom. The molecule has 2 rings (SSSR count). The average molecular weight is 270 g/mol. The molecule has 1 heterocycles. The third-order valence-corrected chi connectivity index (χ3v) is 2.84. The summed E-state index contributed by atoms with van der Waals surface area (Å²) in [5.41, 5.74) is 0.241. The van der Waals surface area contributed by atoms with E-state index in [-0.39, 0.29) is 11.9 Å². The first-order valence-electron chi connectivity index (χ1n) is 5.72. The Hall–Kier alpha value is -1.82. The standard InChI is InChI=1S/C13H13F3N2O/c1-8(17-2)11-7-19-12(18-11)9-4-3-5-10(6-9)13(14,15)16/h3-8,17H,1-2H3. The van der Waals surface area contributed by atoms with E-state index in [4.69, 9.17) is 4.42 Å². The lowest BCUT2D eigenvalue weighted by Gasteiger charge is -2.07. The zero-order chi connectivity index (χ0) is 14.0. The van der Waals surface area contributed by atoms with Crippen molar-refractivity contribution >= 4 is 0 Å². The average Bonchev–Trinajstić information content (AvgIpc) is 2.86. The number of hydrogen-bond donors (Lipinski definition) is 1. The molecule has 0 saturated heterocycles. The molecule has 0 aliphatic heterocycles. The second-order valence-electron chi connectivity index (χ2n) is 4.17. The van der Waals surface area contributed by atoms with E-state index in [0.717, 1.165) is 12.1 Å². The van der Waals surface area contributed by atoms with Gasteiger partial charge in [-0.25, -0.2) is 4.98 Å². The van der Waals surface area contributed by atoms with Gasteiger partial charge in [0.1, 0.15) is 6.26 Å². The molecule has 0 spiro atoms. The van der Waals surface area contributed by atoms with Gasteiger partial charge in [-0.1, -0.05) is 6.07 Å². The lowest BCUT2D eigenvalue weighted by Crippen LogP contribution is -2.12. The number of halogens is 3. The van der Waals surface area contributed by atoms with Crippen LogP contribution in [0, 0.1) is 0 Å². The van der Waals surface area contributed by atoms with Gasteiger partial charge in [-0.3, -0.25) is 0 Å². The van der Waals surface area contributed by atoms with Gasteiger partial charge < -0.3 is 9.73 Å². The molecule has 6 heteroatoms. The third kappa shape index (κ3) is 2.96. The van der Waals surface area contributed by atoms with Crippen molar-refractivity contribution in [3.8, 4) is 11.5 Å². The summed E-state index contributed by atoms with van der Waals surface area (Å²) >= 11 is 0. The maximum Gasteiger partial charge on any atom is 0.416 e. The van der Waals surface area contributed by atoms with E-state index < -0.39 is 11.7 Å². The number of rotatable bonds is 3. The molecule has 0 bridgehead atoms. The van der Waals surface area contributed by atoms with Crippen LogP contribution in [0.2, 0.25) is 0 Å². The SMILES string of the molecule is CNC(C)c1coc(-c2cccc(C(F)(F)F)c2)n1. The zero-order valence-corrected chi connectivity index (χ0v) is 10.5. The van der Waals surface area contributed by atoms with Gasteiger partial charge in [-0.2, -0.15) is 13.2 Å². The topological polar surface area (TPSA) is 38.1 Å². The van der Waals surface area contributed by atoms with Crippen LogP contribution >= 0.6 is 0 Å². The van der Waals surface area contributed by atoms with Crippen molar-refractivity contribution in [2.24, 2.45) is 0 Å². The molecule has 0 radical (unpaired) electrons. The summed E-state index contributed by atoms with van der Waals surface area (Å²) in [6.45, 7) is 1.88. The molecule has 1 N–H and O–H groups in total. The second kappa shape index (κ2) is 5.05. The van der Waals surface area contributed by atoms with E-state index in [9.17, 15) is 13.2 Å². The van der Waals surface area contributed by atoms with Crippen LogP contribution in [0.3, 0.4) is 0 Å². The van der Waals surface area contributed by atoms with Gasteiger partial charge in [0.05, 0.1) is 11.3 Å². The van der Waals surface area contributed by atoms with Gasteiger partial charge in [-0.15, -0.1) is 0 Å². The van der Waals surface area contributed by atoms with Crippen molar-refractivity contribution in [2.45, 2.75) is 19.1 Å². The molecule has 0 aliphatic rings. The van der Waals surface area contributed by atoms with Crippen molar-refractivity contribution in [3.63, 3.8) is 0 Å². The Bertz CT molecular complexity index is 563. The number of hydrogen-bond acceptors (Lipinski definition) is 3. The Kier molecular flexibility index (Phi) is 3.61. The molecule has 102 valence electrons. The highest BCUT2D eigenvalue weighted by Gasteiger charge is 2.30. The Morgan fingerprint density at radius 2 is 2.05 bits per heavy atom. The first-order valence-corrected chi connectivity index (χ1v) is 5.72. The fourth-order valence-electron chi connectivity index (χ4n) is 1.59. The zero-order valence-electron chi connectivity index (χ0n) is 10.5. The Morgan fingerprint density at radius 3 is 2.68 bits per heavy atom. The highest BCUT2D eigenvalue weighted by Crippen LogP contribution is 2.32. The molecule has 1 aromatic heterocycles. The summed E-state index contributed by atoms with van der Waals surface area (Å²) in [7, 11) is 1.77. The molecule has 1 aromatic carbocycles. The van der Waals surface area contributed by atoms with Gasteiger partial charge in [0.15, 0.2) is 0 Å². The van der Waals surface area contributed by atoms with Crippen LogP contribution in [0.15, 0.2) is 34.9 Å². The number of aromatic nitrogens is 1. The predicted molar refractivity (Wildman–Crippen MR) is 64.4 cm³/mol. The van der Waals surface area contributed by atoms with E-state index in [1.807, 2.05) is 6.92 Å². The quantitative estimate of drug-likeness (QED) is 0.925. The summed E-state index contributed by atoms with van der Waals surface area (Å²) < 4.78 is 43.1. The molecule has 1 atom stereocenters. The summed E-state index contributed by atoms with van der Waals surface area (Å²) in [6, 6.07) is 4.89. The monoisotopic (exact) mass is 270 g/mol. The molecule has 19 heavy (non-hydrogen) atoms. The van der Waals surface area contributed by atoms with E-state index >= 15 is 0 Å². The van der Waals surface area contributed by atoms with Crippen LogP contribution in [-0.2, 0) is 6.18 Å². The molecule has 0 amide bonds. The summed E-state index contributed by atoms with van der Waals surface area (Å²) in [6.07, 6.45) is -2.93. The number of nitrogens with zero attached hydrogens (tertiary/aromatic N) is 1. The molecule has 0 saturated carbocycles. The van der Waals surface area contributed by atoms with Crippen LogP contribution in [0.4, 0.5) is 13.2 Å². The minimum Gasteiger partial charge on any atom is -0.444 e. The molecule has 3 nitrogen and oxygen atoms in total. The van der Waals surface area contributed by atoms with Gasteiger partial charge in [-0.05, 0) is 32.2 Å². The van der Waals surface area contributed by atoms with Crippen LogP contribution < -0.4 is 5.32 Å². The van der Waals surface area contributed by atoms with Crippen molar-refractivity contribution in [3.05, 3.63) is 41.8 Å². The van der Waals surface area contributed by atoms with Gasteiger partial charge >= 0.3 is 6.18 Å². The molecular formula is C13H13F3N2O. The molecule has 0 aliphatic carbocycles. The second-order valence-corrected chi connectivity index (χ2v) is 4.17. The van der Waals surface area contributed by atoms with Gasteiger partial charge in [0, 0.05) is 11.6 Å². The number of benzene rings is 1. The minimum absolute atomic E-state index is 0.0247. The highest BCUT2D eigenvalue weighted by molar-refractivity contribution is 5.55. The van der Waals surface area contributed by atoms with Gasteiger partial charge in [0.2, 0.25) is 5.89 Å². The molecular weight excluding hydrogens is 257 g/mol. The van der Waals surface area contributed by atoms with Crippen molar-refractivity contribution in [1.82, 2.24) is 10.3 Å². The number of oxazole rings is 1. The molecule has 1 unspecified atom stereocenters. The van der Waals surface area contributed by atoms with Crippen molar-refractivity contribution in [2.75, 3.05) is 7.05 Å². The lowest BCUT2D eigenvalue weighted by molar-refractivity contribution is -0.137. The summed E-state index contributed by atoms with van der Waals surface area (Å²) in [4.78, 5) is 4.18. The van der Waals surface area contributed by atoms with E-state index in [0.29, 0.717) is 11.3 Å². The number of alkyl halides is 3. The van der Waals surface area contributed by atoms with Crippen LogP contribution in [0.5, 0.6) is 0 Å². The van der Waals surface area contributed by atoms with Crippen LogP contribution in [0.1, 0.15) is 24.2 Å². The van der Waals surface area contributed by atoms with Gasteiger partial charge in [0.25, 0.3) is 0 Å². The largest absolute Gasteiger partial charge is 0.444 e. The fourth-order valence-corrected chi connectivity index (χ4v) is 1.59. The Labute approximate surface area is 108 Å². The first kappa shape index (κ1) is 13.6. The van der Waals surface area contributed by atoms with Crippen molar-refractivity contribution in [1.29, 1.82) is 0 Å². The maximum absolute atomic E-state index is 12.6. The minimum atomic E-state index is -4.37. The van der Waals surface area contributed by atoms with Crippen LogP contribution in [-0.4, -0.2) is 12.0 Å². The normalized spacial score (nSPS) is 13.5. The van der Waals surface area contributed by atoms with E-state index in [2.05, 4.69) is 10.3 Å². The third-order valence-electron chi connectivity index (χ3n) is 2.84. The maximum atomic E-state index is 12.6. The van der Waals surface area contributed by atoms with Crippen molar-refractivity contribution < 1.29 is 17.6 Å². The summed E-state index contributed by atoms with van der Waals surface area (Å²) in [5, 5.41) is 2.98. The highest BCUT2D eigenvalue weighted by atomic mass is 19.4. The smallest absolute Gasteiger partial charge is 0.416 e. The lowest BCUT2D eigenvalue weighted by atomic mass is 10.1. The predicted octanol–water partition coefficient (Wildman–Crippen LogP) is 3.64. The van der Waals surface area contributed by atoms with E-state index in [1.165, 1.54) is 18.4 Å². The molecule has 2 aromatic rings. The first-order chi connectivity index (χ1) is 8.91. The van der Waals surface area contributed by atoms with Crippen LogP contribution in [0.25, 0.3) is 11.5 Å². The molecule has 0 fully saturated rings. The Balaban J connectivity index is 2.34.